The van der Waals surface area contributed by atoms with Crippen molar-refractivity contribution < 1.29 is 4.74 Å². The lowest BCUT2D eigenvalue weighted by Gasteiger charge is -2.40. The average Bonchev–Trinajstić information content (AvgIpc) is 2.66. The molecule has 18 heavy (non-hydrogen) atoms. The molecule has 0 aliphatic heterocycles. The van der Waals surface area contributed by atoms with Crippen LogP contribution in [0.5, 0.6) is 0 Å². The van der Waals surface area contributed by atoms with Gasteiger partial charge in [0.2, 0.25) is 0 Å². The van der Waals surface area contributed by atoms with E-state index in [1.165, 1.54) is 38.5 Å². The van der Waals surface area contributed by atoms with Gasteiger partial charge in [-0.25, -0.2) is 0 Å². The highest BCUT2D eigenvalue weighted by molar-refractivity contribution is 4.94. The third kappa shape index (κ3) is 3.94. The summed E-state index contributed by atoms with van der Waals surface area (Å²) in [5, 5.41) is 0. The Morgan fingerprint density at radius 3 is 2.06 bits per heavy atom. The zero-order chi connectivity index (χ0) is 13.4. The molecule has 108 valence electrons. The van der Waals surface area contributed by atoms with Crippen LogP contribution in [0, 0.1) is 5.92 Å². The Kier molecular flexibility index (Phi) is 7.20. The number of nitrogens with one attached hydrogen (secondary N) is 1. The Bertz CT molecular complexity index is 209. The van der Waals surface area contributed by atoms with Gasteiger partial charge in [-0.15, -0.1) is 0 Å². The molecule has 1 rings (SSSR count). The van der Waals surface area contributed by atoms with Gasteiger partial charge in [0.15, 0.2) is 0 Å². The minimum Gasteiger partial charge on any atom is -0.377 e. The molecule has 1 fully saturated rings. The number of ether oxygens (including phenoxy) is 1. The van der Waals surface area contributed by atoms with E-state index in [1.807, 2.05) is 7.11 Å². The summed E-state index contributed by atoms with van der Waals surface area (Å²) in [5.41, 5.74) is 3.03. The molecule has 0 radical (unpaired) electrons. The highest BCUT2D eigenvalue weighted by atomic mass is 16.5. The van der Waals surface area contributed by atoms with Crippen molar-refractivity contribution >= 4 is 0 Å². The van der Waals surface area contributed by atoms with E-state index >= 15 is 0 Å². The SMILES string of the molecule is CCC(CC)CC(NN)C1(OC)CCCCCC1. The average molecular weight is 256 g/mol. The quantitative estimate of drug-likeness (QED) is 0.417. The van der Waals surface area contributed by atoms with Gasteiger partial charge < -0.3 is 4.74 Å². The molecular formula is C15H32N2O. The van der Waals surface area contributed by atoms with Crippen LogP contribution in [0.2, 0.25) is 0 Å². The molecule has 3 N–H and O–H groups in total. The monoisotopic (exact) mass is 256 g/mol. The predicted octanol–water partition coefficient (Wildman–Crippen LogP) is 3.38. The second kappa shape index (κ2) is 8.13. The van der Waals surface area contributed by atoms with Crippen LogP contribution in [0.15, 0.2) is 0 Å². The molecule has 1 aliphatic rings. The molecule has 0 heterocycles. The first kappa shape index (κ1) is 15.9. The van der Waals surface area contributed by atoms with Gasteiger partial charge in [-0.2, -0.15) is 0 Å². The van der Waals surface area contributed by atoms with Gasteiger partial charge in [-0.1, -0.05) is 52.4 Å². The van der Waals surface area contributed by atoms with Crippen molar-refractivity contribution in [3.8, 4) is 0 Å². The summed E-state index contributed by atoms with van der Waals surface area (Å²) in [6, 6.07) is 0.297. The fraction of sp³-hybridized carbons (Fsp3) is 1.00. The fourth-order valence-corrected chi connectivity index (χ4v) is 3.41. The molecule has 0 saturated heterocycles. The van der Waals surface area contributed by atoms with Crippen molar-refractivity contribution in [3.05, 3.63) is 0 Å². The highest BCUT2D eigenvalue weighted by Crippen LogP contribution is 2.35. The normalized spacial score (nSPS) is 21.8. The van der Waals surface area contributed by atoms with Crippen molar-refractivity contribution in [2.45, 2.75) is 83.3 Å². The minimum atomic E-state index is -0.0339. The molecule has 0 aromatic rings. The zero-order valence-corrected chi connectivity index (χ0v) is 12.5. The fourth-order valence-electron chi connectivity index (χ4n) is 3.41. The number of hydrogen-bond donors (Lipinski definition) is 2. The summed E-state index contributed by atoms with van der Waals surface area (Å²) in [7, 11) is 1.86. The summed E-state index contributed by atoms with van der Waals surface area (Å²) in [6.07, 6.45) is 11.1. The van der Waals surface area contributed by atoms with Gasteiger partial charge >= 0.3 is 0 Å². The Morgan fingerprint density at radius 2 is 1.67 bits per heavy atom. The van der Waals surface area contributed by atoms with Gasteiger partial charge in [0.25, 0.3) is 0 Å². The number of methoxy groups -OCH3 is 1. The van der Waals surface area contributed by atoms with E-state index < -0.39 is 0 Å². The van der Waals surface area contributed by atoms with Gasteiger partial charge in [0, 0.05) is 7.11 Å². The first-order valence-corrected chi connectivity index (χ1v) is 7.73. The van der Waals surface area contributed by atoms with Crippen LogP contribution in [-0.4, -0.2) is 18.8 Å². The van der Waals surface area contributed by atoms with Crippen LogP contribution >= 0.6 is 0 Å². The van der Waals surface area contributed by atoms with E-state index in [2.05, 4.69) is 19.3 Å². The maximum absolute atomic E-state index is 5.96. The lowest BCUT2D eigenvalue weighted by Crippen LogP contribution is -2.55. The summed E-state index contributed by atoms with van der Waals surface area (Å²) in [4.78, 5) is 0. The molecule has 1 atom stereocenters. The highest BCUT2D eigenvalue weighted by Gasteiger charge is 2.39. The van der Waals surface area contributed by atoms with E-state index in [4.69, 9.17) is 10.6 Å². The lowest BCUT2D eigenvalue weighted by atomic mass is 9.80. The van der Waals surface area contributed by atoms with Gasteiger partial charge in [-0.3, -0.25) is 11.3 Å². The molecule has 1 saturated carbocycles. The van der Waals surface area contributed by atoms with E-state index in [-0.39, 0.29) is 5.60 Å². The third-order valence-electron chi connectivity index (χ3n) is 4.92. The van der Waals surface area contributed by atoms with E-state index in [0.717, 1.165) is 25.2 Å². The maximum Gasteiger partial charge on any atom is 0.0844 e. The van der Waals surface area contributed by atoms with Crippen molar-refractivity contribution in [2.75, 3.05) is 7.11 Å². The summed E-state index contributed by atoms with van der Waals surface area (Å²) >= 11 is 0. The molecular weight excluding hydrogens is 224 g/mol. The Morgan fingerprint density at radius 1 is 1.11 bits per heavy atom. The number of rotatable bonds is 7. The van der Waals surface area contributed by atoms with E-state index in [0.29, 0.717) is 6.04 Å². The summed E-state index contributed by atoms with van der Waals surface area (Å²) in [5.74, 6) is 6.59. The molecule has 3 heteroatoms. The van der Waals surface area contributed by atoms with Crippen molar-refractivity contribution in [1.29, 1.82) is 0 Å². The van der Waals surface area contributed by atoms with Crippen LogP contribution in [0.25, 0.3) is 0 Å². The molecule has 3 nitrogen and oxygen atoms in total. The summed E-state index contributed by atoms with van der Waals surface area (Å²) < 4.78 is 5.96. The smallest absolute Gasteiger partial charge is 0.0844 e. The van der Waals surface area contributed by atoms with Crippen molar-refractivity contribution in [1.82, 2.24) is 5.43 Å². The Balaban J connectivity index is 2.73. The molecule has 1 aliphatic carbocycles. The van der Waals surface area contributed by atoms with Gasteiger partial charge in [0.05, 0.1) is 11.6 Å². The second-order valence-electron chi connectivity index (χ2n) is 5.82. The zero-order valence-electron chi connectivity index (χ0n) is 12.5. The number of hydrazine groups is 1. The number of hydrogen-bond acceptors (Lipinski definition) is 3. The Hall–Kier alpha value is -0.120. The standard InChI is InChI=1S/C15H32N2O/c1-4-13(5-2)12-14(17-16)15(18-3)10-8-6-7-9-11-15/h13-14,17H,4-12,16H2,1-3H3. The van der Waals surface area contributed by atoms with Crippen molar-refractivity contribution in [2.24, 2.45) is 11.8 Å². The van der Waals surface area contributed by atoms with Crippen LogP contribution in [0.4, 0.5) is 0 Å². The molecule has 0 spiro atoms. The van der Waals surface area contributed by atoms with Crippen LogP contribution in [-0.2, 0) is 4.74 Å². The van der Waals surface area contributed by atoms with E-state index in [1.54, 1.807) is 0 Å². The van der Waals surface area contributed by atoms with Crippen molar-refractivity contribution in [3.63, 3.8) is 0 Å². The third-order valence-corrected chi connectivity index (χ3v) is 4.92. The Labute approximate surface area is 113 Å². The van der Waals surface area contributed by atoms with Gasteiger partial charge in [0.1, 0.15) is 0 Å². The molecule has 1 unspecified atom stereocenters. The number of nitrogens with two attached hydrogens (primary N) is 1. The van der Waals surface area contributed by atoms with Crippen LogP contribution < -0.4 is 11.3 Å². The van der Waals surface area contributed by atoms with Gasteiger partial charge in [-0.05, 0) is 25.2 Å². The largest absolute Gasteiger partial charge is 0.377 e. The molecule has 0 aromatic carbocycles. The predicted molar refractivity (Wildman–Crippen MR) is 77.2 cm³/mol. The molecule has 0 amide bonds. The molecule has 0 aromatic heterocycles. The second-order valence-corrected chi connectivity index (χ2v) is 5.82. The van der Waals surface area contributed by atoms with E-state index in [9.17, 15) is 0 Å². The summed E-state index contributed by atoms with van der Waals surface area (Å²) in [6.45, 7) is 4.54. The lowest BCUT2D eigenvalue weighted by molar-refractivity contribution is -0.0586. The maximum atomic E-state index is 5.96. The van der Waals surface area contributed by atoms with Crippen LogP contribution in [0.3, 0.4) is 0 Å². The minimum absolute atomic E-state index is 0.0339. The topological polar surface area (TPSA) is 47.3 Å². The first-order chi connectivity index (χ1) is 8.72. The van der Waals surface area contributed by atoms with Crippen LogP contribution in [0.1, 0.15) is 71.6 Å². The molecule has 0 bridgehead atoms. The first-order valence-electron chi connectivity index (χ1n) is 7.73.